The third kappa shape index (κ3) is 8.77. The number of anilines is 2. The van der Waals surface area contributed by atoms with Crippen LogP contribution in [0.15, 0.2) is 30.5 Å². The molecule has 0 atom stereocenters. The maximum atomic E-state index is 12.7. The number of benzene rings is 1. The summed E-state index contributed by atoms with van der Waals surface area (Å²) in [5.41, 5.74) is 11.1. The summed E-state index contributed by atoms with van der Waals surface area (Å²) in [6.07, 6.45) is -0.390. The molecule has 2 aromatic rings. The second kappa shape index (κ2) is 12.9. The Morgan fingerprint density at radius 1 is 1.11 bits per heavy atom. The van der Waals surface area contributed by atoms with E-state index in [9.17, 15) is 28.0 Å². The fourth-order valence-electron chi connectivity index (χ4n) is 4.40. The number of alkyl halides is 3. The van der Waals surface area contributed by atoms with Gasteiger partial charge in [-0.2, -0.15) is 10.2 Å². The van der Waals surface area contributed by atoms with Crippen molar-refractivity contribution in [1.82, 2.24) is 14.9 Å². The number of halogens is 3. The summed E-state index contributed by atoms with van der Waals surface area (Å²) in [7, 11) is 0. The highest BCUT2D eigenvalue weighted by Crippen LogP contribution is 2.29. The van der Waals surface area contributed by atoms with Gasteiger partial charge in [-0.15, -0.1) is 13.2 Å². The van der Waals surface area contributed by atoms with Gasteiger partial charge in [-0.25, -0.2) is 4.98 Å². The smallest absolute Gasteiger partial charge is 0.405 e. The summed E-state index contributed by atoms with van der Waals surface area (Å²) < 4.78 is 42.1. The molecule has 1 aliphatic carbocycles. The van der Waals surface area contributed by atoms with Gasteiger partial charge in [0, 0.05) is 24.7 Å². The molecule has 0 bridgehead atoms. The number of primary amides is 2. The molecule has 14 heteroatoms. The minimum Gasteiger partial charge on any atom is -0.405 e. The van der Waals surface area contributed by atoms with E-state index in [-0.39, 0.29) is 54.4 Å². The van der Waals surface area contributed by atoms with Crippen molar-refractivity contribution in [3.05, 3.63) is 41.6 Å². The van der Waals surface area contributed by atoms with Gasteiger partial charge in [0.05, 0.1) is 19.3 Å². The van der Waals surface area contributed by atoms with E-state index in [0.717, 1.165) is 25.7 Å². The number of nitrogens with two attached hydrogens (primary N) is 2. The van der Waals surface area contributed by atoms with Crippen LogP contribution in [0.25, 0.3) is 0 Å². The molecule has 6 N–H and O–H groups in total. The number of amides is 2. The number of nitrogens with one attached hydrogen (secondary N) is 2. The molecule has 1 aromatic carbocycles. The van der Waals surface area contributed by atoms with Gasteiger partial charge < -0.3 is 26.8 Å². The topological polar surface area (TPSA) is 172 Å². The Morgan fingerprint density at radius 3 is 2.37 bits per heavy atom. The molecular weight excluding hydrogens is 505 g/mol. The van der Waals surface area contributed by atoms with Crippen LogP contribution in [0.4, 0.5) is 24.9 Å². The van der Waals surface area contributed by atoms with Crippen molar-refractivity contribution >= 4 is 23.6 Å². The summed E-state index contributed by atoms with van der Waals surface area (Å²) in [5.74, 6) is -0.700. The van der Waals surface area contributed by atoms with E-state index < -0.39 is 18.2 Å². The van der Waals surface area contributed by atoms with Crippen LogP contribution in [0.3, 0.4) is 0 Å². The molecule has 1 saturated carbocycles. The Labute approximate surface area is 217 Å². The van der Waals surface area contributed by atoms with Crippen molar-refractivity contribution in [2.75, 3.05) is 30.3 Å². The fraction of sp³-hybridized carbons (Fsp3) is 0.458. The molecule has 3 rings (SSSR count). The average Bonchev–Trinajstić information content (AvgIpc) is 2.85. The molecule has 11 nitrogen and oxygen atoms in total. The summed E-state index contributed by atoms with van der Waals surface area (Å²) in [4.78, 5) is 32.8. The maximum absolute atomic E-state index is 12.7. The molecule has 0 spiro atoms. The first-order valence-corrected chi connectivity index (χ1v) is 11.9. The lowest BCUT2D eigenvalue weighted by Gasteiger charge is -2.35. The highest BCUT2D eigenvalue weighted by atomic mass is 19.4. The van der Waals surface area contributed by atoms with Gasteiger partial charge in [0.1, 0.15) is 23.2 Å². The van der Waals surface area contributed by atoms with Gasteiger partial charge in [-0.05, 0) is 37.7 Å². The standard InChI is InChI=1S/C24H29F3N8O3/c25-24(26,27)38-19-4-2-1-3-16(19)11-32-23-33-12-17(9-28)22(34-23)31-10-15-5-7-18(8-6-15)35(13-20(29)36)14-21(30)37/h1-4,12,15,18H,5-8,10-11,13-14H2,(H2,29,36)(H2,30,37)(H2,31,32,33,34)/t15-,18-. The Kier molecular flexibility index (Phi) is 9.66. The van der Waals surface area contributed by atoms with E-state index in [1.807, 2.05) is 6.07 Å². The zero-order chi connectivity index (χ0) is 27.7. The lowest BCUT2D eigenvalue weighted by molar-refractivity contribution is -0.274. The molecule has 0 radical (unpaired) electrons. The minimum absolute atomic E-state index is 0.0139. The predicted octanol–water partition coefficient (Wildman–Crippen LogP) is 2.10. The van der Waals surface area contributed by atoms with Crippen LogP contribution in [0, 0.1) is 17.2 Å². The summed E-state index contributed by atoms with van der Waals surface area (Å²) in [6, 6.07) is 7.76. The molecule has 2 amide bonds. The Hall–Kier alpha value is -4.12. The highest BCUT2D eigenvalue weighted by Gasteiger charge is 2.32. The van der Waals surface area contributed by atoms with Crippen LogP contribution < -0.4 is 26.8 Å². The van der Waals surface area contributed by atoms with E-state index in [1.165, 1.54) is 24.4 Å². The Balaban J connectivity index is 1.58. The van der Waals surface area contributed by atoms with Crippen molar-refractivity contribution in [3.8, 4) is 11.8 Å². The predicted molar refractivity (Wildman–Crippen MR) is 131 cm³/mol. The molecule has 1 aromatic heterocycles. The Bertz CT molecular complexity index is 1150. The summed E-state index contributed by atoms with van der Waals surface area (Å²) in [5, 5.41) is 15.5. The highest BCUT2D eigenvalue weighted by molar-refractivity contribution is 5.79. The van der Waals surface area contributed by atoms with Gasteiger partial charge in [-0.1, -0.05) is 18.2 Å². The van der Waals surface area contributed by atoms with Crippen molar-refractivity contribution in [1.29, 1.82) is 5.26 Å². The fourth-order valence-corrected chi connectivity index (χ4v) is 4.40. The number of nitrogens with zero attached hydrogens (tertiary/aromatic N) is 4. The maximum Gasteiger partial charge on any atom is 0.573 e. The van der Waals surface area contributed by atoms with Gasteiger partial charge >= 0.3 is 6.36 Å². The average molecular weight is 535 g/mol. The van der Waals surface area contributed by atoms with E-state index in [2.05, 4.69) is 25.3 Å². The monoisotopic (exact) mass is 534 g/mol. The Morgan fingerprint density at radius 2 is 1.76 bits per heavy atom. The molecule has 0 unspecified atom stereocenters. The molecule has 204 valence electrons. The van der Waals surface area contributed by atoms with Gasteiger partial charge in [-0.3, -0.25) is 14.5 Å². The third-order valence-electron chi connectivity index (χ3n) is 6.15. The minimum atomic E-state index is -4.82. The number of carbonyl (C=O) groups excluding carboxylic acids is 2. The molecule has 1 heterocycles. The van der Waals surface area contributed by atoms with Crippen molar-refractivity contribution in [2.45, 2.75) is 44.6 Å². The van der Waals surface area contributed by atoms with E-state index in [0.29, 0.717) is 12.4 Å². The van der Waals surface area contributed by atoms with Crippen LogP contribution in [0.2, 0.25) is 0 Å². The lowest BCUT2D eigenvalue weighted by atomic mass is 9.85. The molecule has 1 fully saturated rings. The van der Waals surface area contributed by atoms with E-state index in [1.54, 1.807) is 11.0 Å². The number of para-hydroxylation sites is 1. The number of rotatable bonds is 12. The molecule has 0 saturated heterocycles. The van der Waals surface area contributed by atoms with E-state index >= 15 is 0 Å². The van der Waals surface area contributed by atoms with Crippen LogP contribution >= 0.6 is 0 Å². The van der Waals surface area contributed by atoms with Gasteiger partial charge in [0.2, 0.25) is 17.8 Å². The van der Waals surface area contributed by atoms with Crippen LogP contribution in [-0.4, -0.2) is 58.7 Å². The van der Waals surface area contributed by atoms with Crippen molar-refractivity contribution in [2.24, 2.45) is 17.4 Å². The molecule has 1 aliphatic rings. The first kappa shape index (κ1) is 28.5. The number of hydrogen-bond acceptors (Lipinski definition) is 9. The quantitative estimate of drug-likeness (QED) is 0.318. The first-order valence-electron chi connectivity index (χ1n) is 11.9. The zero-order valence-corrected chi connectivity index (χ0v) is 20.5. The number of ether oxygens (including phenoxy) is 1. The number of carbonyl (C=O) groups is 2. The lowest BCUT2D eigenvalue weighted by Crippen LogP contribution is -2.47. The van der Waals surface area contributed by atoms with Gasteiger partial charge in [0.25, 0.3) is 0 Å². The summed E-state index contributed by atoms with van der Waals surface area (Å²) in [6.45, 7) is 0.414. The van der Waals surface area contributed by atoms with Crippen LogP contribution in [-0.2, 0) is 16.1 Å². The third-order valence-corrected chi connectivity index (χ3v) is 6.15. The van der Waals surface area contributed by atoms with Crippen LogP contribution in [0.5, 0.6) is 5.75 Å². The number of aromatic nitrogens is 2. The molecule has 38 heavy (non-hydrogen) atoms. The number of hydrogen-bond donors (Lipinski definition) is 4. The second-order valence-corrected chi connectivity index (χ2v) is 8.97. The zero-order valence-electron chi connectivity index (χ0n) is 20.5. The van der Waals surface area contributed by atoms with Gasteiger partial charge in [0.15, 0.2) is 0 Å². The number of nitriles is 1. The second-order valence-electron chi connectivity index (χ2n) is 8.97. The molecule has 0 aliphatic heterocycles. The van der Waals surface area contributed by atoms with Crippen molar-refractivity contribution < 1.29 is 27.5 Å². The van der Waals surface area contributed by atoms with E-state index in [4.69, 9.17) is 11.5 Å². The normalized spacial score (nSPS) is 17.4. The van der Waals surface area contributed by atoms with Crippen molar-refractivity contribution in [3.63, 3.8) is 0 Å². The summed E-state index contributed by atoms with van der Waals surface area (Å²) >= 11 is 0. The van der Waals surface area contributed by atoms with Crippen LogP contribution in [0.1, 0.15) is 36.8 Å². The molecular formula is C24H29F3N8O3. The SMILES string of the molecule is N#Cc1cnc(NCc2ccccc2OC(F)(F)F)nc1NC[C@H]1CC[C@H](N(CC(N)=O)CC(N)=O)CC1. The largest absolute Gasteiger partial charge is 0.573 e. The first-order chi connectivity index (χ1) is 18.0.